The number of thiazole rings is 1. The van der Waals surface area contributed by atoms with Gasteiger partial charge in [0, 0.05) is 11.3 Å². The first kappa shape index (κ1) is 19.1. The van der Waals surface area contributed by atoms with Crippen molar-refractivity contribution in [1.82, 2.24) is 4.98 Å². The predicted molar refractivity (Wildman–Crippen MR) is 116 cm³/mol. The zero-order valence-corrected chi connectivity index (χ0v) is 17.0. The van der Waals surface area contributed by atoms with Gasteiger partial charge in [0.2, 0.25) is 0 Å². The van der Waals surface area contributed by atoms with Gasteiger partial charge in [-0.15, -0.1) is 0 Å². The zero-order chi connectivity index (χ0) is 20.4. The third-order valence-corrected chi connectivity index (χ3v) is 6.62. The Morgan fingerprint density at radius 1 is 0.966 bits per heavy atom. The highest BCUT2D eigenvalue weighted by molar-refractivity contribution is 7.93. The van der Waals surface area contributed by atoms with Crippen LogP contribution in [0.1, 0.15) is 15.9 Å². The smallest absolute Gasteiger partial charge is 0.263 e. The molecule has 8 heteroatoms. The highest BCUT2D eigenvalue weighted by Crippen LogP contribution is 2.30. The minimum absolute atomic E-state index is 0.172. The van der Waals surface area contributed by atoms with Crippen LogP contribution in [0.3, 0.4) is 0 Å². The maximum absolute atomic E-state index is 12.5. The van der Waals surface area contributed by atoms with Crippen molar-refractivity contribution >= 4 is 48.3 Å². The number of nitrogens with one attached hydrogen (secondary N) is 2. The number of carbonyl (C=O) groups excluding carboxylic acids is 1. The van der Waals surface area contributed by atoms with Gasteiger partial charge in [0.25, 0.3) is 15.9 Å². The van der Waals surface area contributed by atoms with Gasteiger partial charge in [-0.25, -0.2) is 13.4 Å². The van der Waals surface area contributed by atoms with Crippen LogP contribution in [-0.4, -0.2) is 19.3 Å². The molecule has 0 saturated carbocycles. The van der Waals surface area contributed by atoms with E-state index in [4.69, 9.17) is 0 Å². The lowest BCUT2D eigenvalue weighted by Crippen LogP contribution is -2.12. The Kier molecular flexibility index (Phi) is 5.04. The minimum Gasteiger partial charge on any atom is -0.322 e. The van der Waals surface area contributed by atoms with Crippen LogP contribution < -0.4 is 10.0 Å². The number of aryl methyl sites for hydroxylation is 1. The molecule has 3 aromatic carbocycles. The molecule has 1 heterocycles. The summed E-state index contributed by atoms with van der Waals surface area (Å²) in [6.45, 7) is 1.93. The van der Waals surface area contributed by atoms with Crippen LogP contribution in [0.5, 0.6) is 0 Å². The molecule has 4 rings (SSSR count). The van der Waals surface area contributed by atoms with E-state index in [1.807, 2.05) is 25.1 Å². The number of amides is 1. The largest absolute Gasteiger partial charge is 0.322 e. The van der Waals surface area contributed by atoms with Gasteiger partial charge in [-0.05, 0) is 49.4 Å². The first-order chi connectivity index (χ1) is 13.9. The Hall–Kier alpha value is -3.23. The zero-order valence-electron chi connectivity index (χ0n) is 15.4. The van der Waals surface area contributed by atoms with Gasteiger partial charge in [-0.3, -0.25) is 9.52 Å². The second kappa shape index (κ2) is 7.65. The Morgan fingerprint density at radius 3 is 2.52 bits per heavy atom. The predicted octanol–water partition coefficient (Wildman–Crippen LogP) is 4.66. The summed E-state index contributed by atoms with van der Waals surface area (Å²) >= 11 is 1.21. The summed E-state index contributed by atoms with van der Waals surface area (Å²) in [4.78, 5) is 16.9. The summed E-state index contributed by atoms with van der Waals surface area (Å²) in [6, 6.07) is 20.7. The molecule has 4 aromatic rings. The molecule has 1 aromatic heterocycles. The molecule has 0 aliphatic carbocycles. The minimum atomic E-state index is -3.70. The third-order valence-electron chi connectivity index (χ3n) is 4.20. The van der Waals surface area contributed by atoms with Crippen LogP contribution in [0.25, 0.3) is 10.2 Å². The SMILES string of the molecule is Cc1cccc(C(=O)Nc2ccc3nc(NS(=O)(=O)c4ccccc4)sc3c2)c1. The molecule has 0 radical (unpaired) electrons. The van der Waals surface area contributed by atoms with Crippen molar-refractivity contribution in [2.45, 2.75) is 11.8 Å². The highest BCUT2D eigenvalue weighted by Gasteiger charge is 2.16. The first-order valence-corrected chi connectivity index (χ1v) is 11.1. The Labute approximate surface area is 172 Å². The van der Waals surface area contributed by atoms with Crippen molar-refractivity contribution in [3.05, 3.63) is 83.9 Å². The molecule has 1 amide bonds. The molecule has 0 saturated heterocycles. The number of rotatable bonds is 5. The lowest BCUT2D eigenvalue weighted by atomic mass is 10.1. The van der Waals surface area contributed by atoms with Gasteiger partial charge in [-0.2, -0.15) is 0 Å². The van der Waals surface area contributed by atoms with E-state index in [1.54, 1.807) is 42.5 Å². The van der Waals surface area contributed by atoms with E-state index in [0.717, 1.165) is 10.3 Å². The van der Waals surface area contributed by atoms with E-state index in [1.165, 1.54) is 23.5 Å². The standard InChI is InChI=1S/C21H17N3O3S2/c1-14-6-5-7-15(12-14)20(25)22-16-10-11-18-19(13-16)28-21(23-18)24-29(26,27)17-8-3-2-4-9-17/h2-13H,1H3,(H,22,25)(H,23,24). The molecule has 0 bridgehead atoms. The van der Waals surface area contributed by atoms with Crippen LogP contribution in [0.2, 0.25) is 0 Å². The fourth-order valence-electron chi connectivity index (χ4n) is 2.81. The van der Waals surface area contributed by atoms with Gasteiger partial charge in [-0.1, -0.05) is 47.2 Å². The molecule has 0 spiro atoms. The quantitative estimate of drug-likeness (QED) is 0.489. The van der Waals surface area contributed by atoms with E-state index in [9.17, 15) is 13.2 Å². The lowest BCUT2D eigenvalue weighted by Gasteiger charge is -2.05. The molecule has 29 heavy (non-hydrogen) atoms. The molecule has 0 atom stereocenters. The number of fused-ring (bicyclic) bond motifs is 1. The third kappa shape index (κ3) is 4.28. The van der Waals surface area contributed by atoms with E-state index in [0.29, 0.717) is 16.8 Å². The molecule has 0 aliphatic heterocycles. The summed E-state index contributed by atoms with van der Waals surface area (Å²) in [5.74, 6) is -0.206. The fourth-order valence-corrected chi connectivity index (χ4v) is 4.97. The van der Waals surface area contributed by atoms with E-state index in [2.05, 4.69) is 15.0 Å². The van der Waals surface area contributed by atoms with E-state index in [-0.39, 0.29) is 15.9 Å². The number of sulfonamides is 1. The second-order valence-electron chi connectivity index (χ2n) is 6.44. The lowest BCUT2D eigenvalue weighted by molar-refractivity contribution is 0.102. The van der Waals surface area contributed by atoms with Gasteiger partial charge >= 0.3 is 0 Å². The van der Waals surface area contributed by atoms with E-state index >= 15 is 0 Å². The van der Waals surface area contributed by atoms with Gasteiger partial charge < -0.3 is 5.32 Å². The number of nitrogens with zero attached hydrogens (tertiary/aromatic N) is 1. The summed E-state index contributed by atoms with van der Waals surface area (Å²) in [6.07, 6.45) is 0. The molecular weight excluding hydrogens is 406 g/mol. The molecule has 146 valence electrons. The van der Waals surface area contributed by atoms with Crippen molar-refractivity contribution in [3.8, 4) is 0 Å². The van der Waals surface area contributed by atoms with Crippen LogP contribution in [0, 0.1) is 6.92 Å². The van der Waals surface area contributed by atoms with Crippen molar-refractivity contribution in [1.29, 1.82) is 0 Å². The Balaban J connectivity index is 1.56. The molecule has 2 N–H and O–H groups in total. The molecule has 0 aliphatic rings. The number of anilines is 2. The Morgan fingerprint density at radius 2 is 1.76 bits per heavy atom. The summed E-state index contributed by atoms with van der Waals surface area (Å²) in [5.41, 5.74) is 2.84. The molecule has 6 nitrogen and oxygen atoms in total. The van der Waals surface area contributed by atoms with E-state index < -0.39 is 10.0 Å². The number of aromatic nitrogens is 1. The number of hydrogen-bond donors (Lipinski definition) is 2. The topological polar surface area (TPSA) is 88.2 Å². The van der Waals surface area contributed by atoms with Crippen molar-refractivity contribution < 1.29 is 13.2 Å². The average molecular weight is 424 g/mol. The van der Waals surface area contributed by atoms with Crippen LogP contribution in [0.15, 0.2) is 77.7 Å². The summed E-state index contributed by atoms with van der Waals surface area (Å²) in [7, 11) is -3.70. The monoisotopic (exact) mass is 423 g/mol. The van der Waals surface area contributed by atoms with Crippen LogP contribution >= 0.6 is 11.3 Å². The maximum Gasteiger partial charge on any atom is 0.263 e. The summed E-state index contributed by atoms with van der Waals surface area (Å²) < 4.78 is 28.2. The normalized spacial score (nSPS) is 11.3. The van der Waals surface area contributed by atoms with Crippen molar-refractivity contribution in [2.75, 3.05) is 10.0 Å². The highest BCUT2D eigenvalue weighted by atomic mass is 32.2. The Bertz CT molecular complexity index is 1300. The number of benzene rings is 3. The molecular formula is C21H17N3O3S2. The molecule has 0 fully saturated rings. The van der Waals surface area contributed by atoms with Crippen LogP contribution in [0.4, 0.5) is 10.8 Å². The first-order valence-electron chi connectivity index (χ1n) is 8.77. The van der Waals surface area contributed by atoms with Crippen molar-refractivity contribution in [3.63, 3.8) is 0 Å². The summed E-state index contributed by atoms with van der Waals surface area (Å²) in [5, 5.41) is 3.13. The fraction of sp³-hybridized carbons (Fsp3) is 0.0476. The van der Waals surface area contributed by atoms with Gasteiger partial charge in [0.1, 0.15) is 0 Å². The van der Waals surface area contributed by atoms with Gasteiger partial charge in [0.15, 0.2) is 5.13 Å². The van der Waals surface area contributed by atoms with Gasteiger partial charge in [0.05, 0.1) is 15.1 Å². The number of hydrogen-bond acceptors (Lipinski definition) is 5. The molecule has 0 unspecified atom stereocenters. The van der Waals surface area contributed by atoms with Crippen molar-refractivity contribution in [2.24, 2.45) is 0 Å². The van der Waals surface area contributed by atoms with Crippen LogP contribution in [-0.2, 0) is 10.0 Å². The average Bonchev–Trinajstić information content (AvgIpc) is 3.09. The second-order valence-corrected chi connectivity index (χ2v) is 9.16. The number of carbonyl (C=O) groups is 1. The maximum atomic E-state index is 12.5.